The minimum atomic E-state index is -0.129. The van der Waals surface area contributed by atoms with Crippen LogP contribution in [0.1, 0.15) is 30.5 Å². The van der Waals surface area contributed by atoms with Gasteiger partial charge in [-0.1, -0.05) is 38.1 Å². The lowest BCUT2D eigenvalue weighted by Gasteiger charge is -2.30. The average molecular weight is 428 g/mol. The third-order valence-electron chi connectivity index (χ3n) is 5.02. The van der Waals surface area contributed by atoms with Gasteiger partial charge in [-0.25, -0.2) is 4.98 Å². The molecule has 3 aromatic rings. The average Bonchev–Trinajstić information content (AvgIpc) is 3.19. The zero-order chi connectivity index (χ0) is 21.3. The molecule has 7 heteroatoms. The quantitative estimate of drug-likeness (QED) is 0.501. The van der Waals surface area contributed by atoms with E-state index in [0.717, 1.165) is 39.6 Å². The van der Waals surface area contributed by atoms with Gasteiger partial charge in [0.25, 0.3) is 0 Å². The van der Waals surface area contributed by atoms with Gasteiger partial charge in [0.15, 0.2) is 0 Å². The number of carbonyl (C=O) groups is 1. The number of nitrogens with zero attached hydrogens (tertiary/aromatic N) is 2. The third-order valence-corrected chi connectivity index (χ3v) is 6.03. The molecule has 6 nitrogen and oxygen atoms in total. The van der Waals surface area contributed by atoms with Gasteiger partial charge in [0.2, 0.25) is 5.91 Å². The lowest BCUT2D eigenvalue weighted by atomic mass is 10.0. The number of para-hydroxylation sites is 1. The maximum atomic E-state index is 12.4. The molecule has 0 aliphatic heterocycles. The predicted molar refractivity (Wildman–Crippen MR) is 121 cm³/mol. The van der Waals surface area contributed by atoms with Gasteiger partial charge in [0.05, 0.1) is 30.0 Å². The van der Waals surface area contributed by atoms with Crippen molar-refractivity contribution in [1.29, 1.82) is 0 Å². The van der Waals surface area contributed by atoms with Gasteiger partial charge in [-0.3, -0.25) is 9.69 Å². The second-order valence-corrected chi connectivity index (χ2v) is 8.00. The smallest absolute Gasteiger partial charge is 0.246 e. The fraction of sp³-hybridized carbons (Fsp3) is 0.391. The Morgan fingerprint density at radius 1 is 1.17 bits per heavy atom. The van der Waals surface area contributed by atoms with Crippen LogP contribution in [-0.4, -0.2) is 49.1 Å². The summed E-state index contributed by atoms with van der Waals surface area (Å²) < 4.78 is 12.1. The maximum Gasteiger partial charge on any atom is 0.246 e. The summed E-state index contributed by atoms with van der Waals surface area (Å²) in [4.78, 5) is 19.2. The van der Waals surface area contributed by atoms with E-state index >= 15 is 0 Å². The molecule has 160 valence electrons. The van der Waals surface area contributed by atoms with E-state index in [2.05, 4.69) is 35.1 Å². The number of rotatable bonds is 11. The number of thiazole rings is 1. The van der Waals surface area contributed by atoms with Gasteiger partial charge in [-0.2, -0.15) is 0 Å². The molecule has 0 bridgehead atoms. The van der Waals surface area contributed by atoms with Crippen LogP contribution in [0, 0.1) is 0 Å². The molecular weight excluding hydrogens is 398 g/mol. The van der Waals surface area contributed by atoms with Crippen LogP contribution in [0.15, 0.2) is 48.5 Å². The molecule has 2 aromatic carbocycles. The summed E-state index contributed by atoms with van der Waals surface area (Å²) in [5.74, 6) is 0.686. The van der Waals surface area contributed by atoms with Crippen molar-refractivity contribution in [2.45, 2.75) is 26.5 Å². The fourth-order valence-electron chi connectivity index (χ4n) is 3.45. The van der Waals surface area contributed by atoms with Gasteiger partial charge in [-0.15, -0.1) is 11.3 Å². The Kier molecular flexibility index (Phi) is 8.19. The topological polar surface area (TPSA) is 63.7 Å². The lowest BCUT2D eigenvalue weighted by Crippen LogP contribution is -2.39. The Balaban J connectivity index is 1.54. The molecule has 0 aliphatic carbocycles. The first-order chi connectivity index (χ1) is 14.6. The van der Waals surface area contributed by atoms with Gasteiger partial charge >= 0.3 is 0 Å². The standard InChI is InChI=1S/C23H29N3O3S/c1-4-26(5-2)20(17-9-8-10-18(13-17)28-3)14-24-22(27)15-29-16-23-25-19-11-6-7-12-21(19)30-23/h6-13,20H,4-5,14-16H2,1-3H3,(H,24,27). The Hall–Kier alpha value is -2.48. The summed E-state index contributed by atoms with van der Waals surface area (Å²) in [7, 11) is 1.66. The molecule has 1 heterocycles. The normalized spacial score (nSPS) is 12.3. The van der Waals surface area contributed by atoms with Crippen molar-refractivity contribution in [2.75, 3.05) is 33.4 Å². The number of methoxy groups -OCH3 is 1. The lowest BCUT2D eigenvalue weighted by molar-refractivity contribution is -0.126. The van der Waals surface area contributed by atoms with Crippen LogP contribution >= 0.6 is 11.3 Å². The van der Waals surface area contributed by atoms with E-state index in [1.165, 1.54) is 0 Å². The maximum absolute atomic E-state index is 12.4. The number of carbonyl (C=O) groups excluding carboxylic acids is 1. The second kappa shape index (κ2) is 11.1. The Morgan fingerprint density at radius 2 is 1.97 bits per heavy atom. The van der Waals surface area contributed by atoms with E-state index in [1.807, 2.05) is 42.5 Å². The van der Waals surface area contributed by atoms with E-state index in [4.69, 9.17) is 9.47 Å². The minimum Gasteiger partial charge on any atom is -0.497 e. The summed E-state index contributed by atoms with van der Waals surface area (Å²) in [5, 5.41) is 3.89. The Morgan fingerprint density at radius 3 is 2.70 bits per heavy atom. The predicted octanol–water partition coefficient (Wildman–Crippen LogP) is 4.02. The highest BCUT2D eigenvalue weighted by molar-refractivity contribution is 7.18. The molecule has 1 amide bonds. The minimum absolute atomic E-state index is 0.0129. The molecule has 0 spiro atoms. The number of nitrogens with one attached hydrogen (secondary N) is 1. The van der Waals surface area contributed by atoms with Crippen molar-refractivity contribution in [3.05, 3.63) is 59.1 Å². The number of ether oxygens (including phenoxy) is 2. The number of likely N-dealkylation sites (N-methyl/N-ethyl adjacent to an activating group) is 1. The van der Waals surface area contributed by atoms with Crippen LogP contribution in [-0.2, 0) is 16.1 Å². The molecule has 0 aliphatic rings. The fourth-order valence-corrected chi connectivity index (χ4v) is 4.35. The van der Waals surface area contributed by atoms with Crippen LogP contribution in [0.4, 0.5) is 0 Å². The monoisotopic (exact) mass is 427 g/mol. The van der Waals surface area contributed by atoms with Crippen molar-refractivity contribution >= 4 is 27.5 Å². The number of hydrogen-bond donors (Lipinski definition) is 1. The zero-order valence-corrected chi connectivity index (χ0v) is 18.6. The van der Waals surface area contributed by atoms with Gasteiger partial charge < -0.3 is 14.8 Å². The summed E-state index contributed by atoms with van der Waals surface area (Å²) in [6, 6.07) is 16.1. The van der Waals surface area contributed by atoms with Gasteiger partial charge in [-0.05, 0) is 42.9 Å². The molecule has 0 saturated carbocycles. The first-order valence-electron chi connectivity index (χ1n) is 10.2. The summed E-state index contributed by atoms with van der Waals surface area (Å²) in [5.41, 5.74) is 2.08. The van der Waals surface area contributed by atoms with Crippen LogP contribution < -0.4 is 10.1 Å². The number of aromatic nitrogens is 1. The second-order valence-electron chi connectivity index (χ2n) is 6.89. The Bertz CT molecular complexity index is 923. The molecule has 1 atom stereocenters. The van der Waals surface area contributed by atoms with Gasteiger partial charge in [0.1, 0.15) is 17.4 Å². The first kappa shape index (κ1) is 22.2. The van der Waals surface area contributed by atoms with Crippen molar-refractivity contribution < 1.29 is 14.3 Å². The summed E-state index contributed by atoms with van der Waals surface area (Å²) in [6.45, 7) is 6.89. The first-order valence-corrected chi connectivity index (χ1v) is 11.0. The third kappa shape index (κ3) is 5.78. The van der Waals surface area contributed by atoms with Crippen molar-refractivity contribution in [2.24, 2.45) is 0 Å². The van der Waals surface area contributed by atoms with Crippen molar-refractivity contribution in [3.63, 3.8) is 0 Å². The molecule has 0 fully saturated rings. The van der Waals surface area contributed by atoms with Crippen LogP contribution in [0.3, 0.4) is 0 Å². The van der Waals surface area contributed by atoms with Crippen LogP contribution in [0.5, 0.6) is 5.75 Å². The molecule has 0 radical (unpaired) electrons. The molecule has 0 saturated heterocycles. The van der Waals surface area contributed by atoms with E-state index in [0.29, 0.717) is 13.2 Å². The molecule has 1 unspecified atom stereocenters. The molecule has 1 N–H and O–H groups in total. The SMILES string of the molecule is CCN(CC)C(CNC(=O)COCc1nc2ccccc2s1)c1cccc(OC)c1. The molecule has 30 heavy (non-hydrogen) atoms. The van der Waals surface area contributed by atoms with E-state index < -0.39 is 0 Å². The summed E-state index contributed by atoms with van der Waals surface area (Å²) >= 11 is 1.59. The number of amides is 1. The molecule has 3 rings (SSSR count). The summed E-state index contributed by atoms with van der Waals surface area (Å²) in [6.07, 6.45) is 0. The number of hydrogen-bond acceptors (Lipinski definition) is 6. The highest BCUT2D eigenvalue weighted by Crippen LogP contribution is 2.24. The highest BCUT2D eigenvalue weighted by Gasteiger charge is 2.19. The number of fused-ring (bicyclic) bond motifs is 1. The van der Waals surface area contributed by atoms with Gasteiger partial charge in [0, 0.05) is 6.54 Å². The number of benzene rings is 2. The molecule has 1 aromatic heterocycles. The van der Waals surface area contributed by atoms with E-state index in [1.54, 1.807) is 18.4 Å². The largest absolute Gasteiger partial charge is 0.497 e. The van der Waals surface area contributed by atoms with E-state index in [9.17, 15) is 4.79 Å². The van der Waals surface area contributed by atoms with Crippen molar-refractivity contribution in [3.8, 4) is 5.75 Å². The van der Waals surface area contributed by atoms with Crippen LogP contribution in [0.2, 0.25) is 0 Å². The highest BCUT2D eigenvalue weighted by atomic mass is 32.1. The Labute approximate surface area is 181 Å². The molecular formula is C23H29N3O3S. The van der Waals surface area contributed by atoms with Crippen molar-refractivity contribution in [1.82, 2.24) is 15.2 Å². The van der Waals surface area contributed by atoms with Crippen LogP contribution in [0.25, 0.3) is 10.2 Å². The van der Waals surface area contributed by atoms with E-state index in [-0.39, 0.29) is 18.6 Å². The zero-order valence-electron chi connectivity index (χ0n) is 17.8.